The molecule has 0 spiro atoms. The van der Waals surface area contributed by atoms with Gasteiger partial charge in [-0.05, 0) is 54.4 Å². The maximum Gasteiger partial charge on any atom is 0.240 e. The summed E-state index contributed by atoms with van der Waals surface area (Å²) in [6, 6.07) is 18.0. The van der Waals surface area contributed by atoms with Crippen LogP contribution in [-0.2, 0) is 20.7 Å². The Labute approximate surface area is 240 Å². The lowest BCUT2D eigenvalue weighted by atomic mass is 9.78. The maximum absolute atomic E-state index is 12.2. The van der Waals surface area contributed by atoms with Gasteiger partial charge in [0.15, 0.2) is 11.5 Å². The molecule has 0 saturated heterocycles. The summed E-state index contributed by atoms with van der Waals surface area (Å²) in [4.78, 5) is 0.494. The van der Waals surface area contributed by atoms with Crippen LogP contribution in [0.3, 0.4) is 0 Å². The molecule has 0 aliphatic heterocycles. The van der Waals surface area contributed by atoms with E-state index < -0.39 is 22.6 Å². The van der Waals surface area contributed by atoms with Gasteiger partial charge in [0.1, 0.15) is 31.3 Å². The molecule has 3 rings (SSSR count). The molecule has 2 atom stereocenters. The summed E-state index contributed by atoms with van der Waals surface area (Å²) in [5.74, 6) is 0.653. The second-order valence-corrected chi connectivity index (χ2v) is 11.3. The summed E-state index contributed by atoms with van der Waals surface area (Å²) in [7, 11) is 0. The molecule has 0 saturated carbocycles. The first-order valence-electron chi connectivity index (χ1n) is 11.6. The molecule has 0 radical (unpaired) electrons. The zero-order chi connectivity index (χ0) is 27.9. The molecule has 2 N–H and O–H groups in total. The second-order valence-electron chi connectivity index (χ2n) is 9.08. The van der Waals surface area contributed by atoms with Crippen LogP contribution in [0.5, 0.6) is 11.5 Å². The Morgan fingerprint density at radius 3 is 2.18 bits per heavy atom. The molecular formula is C28H29Cl3O6S. The van der Waals surface area contributed by atoms with Crippen molar-refractivity contribution in [3.63, 3.8) is 0 Å². The van der Waals surface area contributed by atoms with Gasteiger partial charge >= 0.3 is 0 Å². The molecule has 0 heterocycles. The first-order chi connectivity index (χ1) is 18.0. The summed E-state index contributed by atoms with van der Waals surface area (Å²) in [6.07, 6.45) is 0.193. The van der Waals surface area contributed by atoms with Crippen LogP contribution in [0, 0.1) is 6.92 Å². The maximum atomic E-state index is 12.2. The van der Waals surface area contributed by atoms with E-state index in [4.69, 9.17) is 48.5 Å². The molecule has 3 aromatic carbocycles. The van der Waals surface area contributed by atoms with Crippen molar-refractivity contribution in [2.24, 2.45) is 0 Å². The van der Waals surface area contributed by atoms with E-state index in [0.29, 0.717) is 26.4 Å². The van der Waals surface area contributed by atoms with E-state index in [1.165, 1.54) is 0 Å². The van der Waals surface area contributed by atoms with Crippen molar-refractivity contribution in [3.8, 4) is 11.5 Å². The minimum absolute atomic E-state index is 0.0192. The van der Waals surface area contributed by atoms with Gasteiger partial charge in [-0.25, -0.2) is 4.21 Å². The number of hydrogen-bond acceptors (Lipinski definition) is 6. The lowest BCUT2D eigenvalue weighted by Crippen LogP contribution is -2.20. The molecule has 3 aromatic rings. The number of halogens is 3. The predicted molar refractivity (Wildman–Crippen MR) is 152 cm³/mol. The molecule has 38 heavy (non-hydrogen) atoms. The van der Waals surface area contributed by atoms with Crippen LogP contribution in [0.1, 0.15) is 30.5 Å². The van der Waals surface area contributed by atoms with Gasteiger partial charge < -0.3 is 23.9 Å². The van der Waals surface area contributed by atoms with Gasteiger partial charge in [-0.1, -0.05) is 66.9 Å². The topological polar surface area (TPSA) is 85.2 Å². The zero-order valence-corrected chi connectivity index (χ0v) is 24.2. The summed E-state index contributed by atoms with van der Waals surface area (Å²) in [5.41, 5.74) is 2.42. The number of aliphatic hydroxyl groups is 2. The monoisotopic (exact) mass is 598 g/mol. The highest BCUT2D eigenvalue weighted by Gasteiger charge is 2.26. The molecule has 0 amide bonds. The highest BCUT2D eigenvalue weighted by atomic mass is 35.5. The Kier molecular flexibility index (Phi) is 10.8. The van der Waals surface area contributed by atoms with Crippen molar-refractivity contribution in [2.45, 2.75) is 37.2 Å². The SMILES string of the molecule is Cc1ccc(S(=O)O/C=C(\O)COc2ccc(C(C)(C)c3cc(Cl)c(OC[C@H](O)CCl)c(Cl)c3)cc2)cc1. The molecule has 6 nitrogen and oxygen atoms in total. The Morgan fingerprint density at radius 2 is 1.61 bits per heavy atom. The van der Waals surface area contributed by atoms with Crippen LogP contribution in [-0.4, -0.2) is 39.6 Å². The van der Waals surface area contributed by atoms with Gasteiger partial charge in [-0.2, -0.15) is 0 Å². The number of aliphatic hydroxyl groups excluding tert-OH is 2. The number of rotatable bonds is 12. The van der Waals surface area contributed by atoms with E-state index in [0.717, 1.165) is 23.0 Å². The van der Waals surface area contributed by atoms with E-state index in [9.17, 15) is 14.4 Å². The van der Waals surface area contributed by atoms with E-state index >= 15 is 0 Å². The highest BCUT2D eigenvalue weighted by Crippen LogP contribution is 2.40. The smallest absolute Gasteiger partial charge is 0.240 e. The molecule has 0 aliphatic rings. The van der Waals surface area contributed by atoms with Crippen LogP contribution in [0.15, 0.2) is 77.6 Å². The van der Waals surface area contributed by atoms with Gasteiger partial charge in [0.05, 0.1) is 20.8 Å². The molecule has 204 valence electrons. The quantitative estimate of drug-likeness (QED) is 0.170. The van der Waals surface area contributed by atoms with Crippen molar-refractivity contribution in [1.82, 2.24) is 0 Å². The second kappa shape index (κ2) is 13.6. The molecule has 0 fully saturated rings. The van der Waals surface area contributed by atoms with Crippen LogP contribution in [0.2, 0.25) is 10.0 Å². The lowest BCUT2D eigenvalue weighted by Gasteiger charge is -2.27. The van der Waals surface area contributed by atoms with E-state index in [1.54, 1.807) is 36.4 Å². The van der Waals surface area contributed by atoms with Crippen LogP contribution >= 0.6 is 34.8 Å². The fourth-order valence-corrected chi connectivity index (χ4v) is 4.77. The standard InChI is InChI=1S/C28H29Cl3O6S/c1-18-4-10-24(11-5-18)38(34)37-17-22(33)16-35-23-8-6-19(7-9-23)28(2,3)20-12-25(30)27(26(31)13-20)36-15-21(32)14-29/h4-13,17,21,32-33H,14-16H2,1-3H3/b22-17-/t21-,38?/m1/s1. The Bertz CT molecular complexity index is 1250. The van der Waals surface area contributed by atoms with Gasteiger partial charge in [0, 0.05) is 5.41 Å². The van der Waals surface area contributed by atoms with Crippen molar-refractivity contribution in [1.29, 1.82) is 0 Å². The Hall–Kier alpha value is -2.42. The first kappa shape index (κ1) is 30.1. The summed E-state index contributed by atoms with van der Waals surface area (Å²) in [5, 5.41) is 20.4. The highest BCUT2D eigenvalue weighted by molar-refractivity contribution is 7.80. The lowest BCUT2D eigenvalue weighted by molar-refractivity contribution is 0.125. The average Bonchev–Trinajstić information content (AvgIpc) is 2.90. The van der Waals surface area contributed by atoms with Gasteiger partial charge in [-0.15, -0.1) is 11.6 Å². The van der Waals surface area contributed by atoms with Crippen molar-refractivity contribution < 1.29 is 28.1 Å². The summed E-state index contributed by atoms with van der Waals surface area (Å²) < 4.78 is 28.5. The van der Waals surface area contributed by atoms with Crippen molar-refractivity contribution >= 4 is 45.9 Å². The third-order valence-electron chi connectivity index (χ3n) is 5.77. The summed E-state index contributed by atoms with van der Waals surface area (Å²) in [6.45, 7) is 5.82. The molecule has 0 aliphatic carbocycles. The molecular weight excluding hydrogens is 571 g/mol. The molecule has 0 bridgehead atoms. The molecule has 1 unspecified atom stereocenters. The largest absolute Gasteiger partial charge is 0.506 e. The third kappa shape index (κ3) is 8.04. The number of benzene rings is 3. The van der Waals surface area contributed by atoms with Crippen LogP contribution < -0.4 is 9.47 Å². The minimum atomic E-state index is -1.74. The van der Waals surface area contributed by atoms with E-state index in [1.807, 2.05) is 45.0 Å². The number of hydrogen-bond donors (Lipinski definition) is 2. The van der Waals surface area contributed by atoms with Crippen molar-refractivity contribution in [2.75, 3.05) is 19.1 Å². The van der Waals surface area contributed by atoms with Gasteiger partial charge in [0.25, 0.3) is 0 Å². The number of aryl methyl sites for hydroxylation is 1. The average molecular weight is 600 g/mol. The van der Waals surface area contributed by atoms with Crippen LogP contribution in [0.4, 0.5) is 0 Å². The van der Waals surface area contributed by atoms with E-state index in [-0.39, 0.29) is 24.9 Å². The Morgan fingerprint density at radius 1 is 1.00 bits per heavy atom. The minimum Gasteiger partial charge on any atom is -0.506 e. The number of alkyl halides is 1. The fourth-order valence-electron chi connectivity index (χ4n) is 3.41. The Balaban J connectivity index is 1.62. The van der Waals surface area contributed by atoms with Gasteiger partial charge in [0.2, 0.25) is 11.1 Å². The van der Waals surface area contributed by atoms with Crippen LogP contribution in [0.25, 0.3) is 0 Å². The fraction of sp³-hybridized carbons (Fsp3) is 0.286. The third-order valence-corrected chi connectivity index (χ3v) is 7.61. The normalized spacial score (nSPS) is 13.6. The molecule has 0 aromatic heterocycles. The first-order valence-corrected chi connectivity index (χ1v) is 14.0. The van der Waals surface area contributed by atoms with Crippen molar-refractivity contribution in [3.05, 3.63) is 99.4 Å². The summed E-state index contributed by atoms with van der Waals surface area (Å²) >= 11 is 16.7. The van der Waals surface area contributed by atoms with Gasteiger partial charge in [-0.3, -0.25) is 0 Å². The van der Waals surface area contributed by atoms with E-state index in [2.05, 4.69) is 0 Å². The zero-order valence-electron chi connectivity index (χ0n) is 21.1. The number of ether oxygens (including phenoxy) is 2. The predicted octanol–water partition coefficient (Wildman–Crippen LogP) is 7.12. The molecule has 10 heteroatoms.